The molecule has 1 aromatic carbocycles. The molecular formula is C20H26N4O4. The zero-order chi connectivity index (χ0) is 20.1. The van der Waals surface area contributed by atoms with E-state index in [1.165, 1.54) is 0 Å². The SMILES string of the molecule is NCCCC(NC(=O)c1ccc2cc[nH]c2c1)C(=O)NC1CCCC1C(=O)O. The summed E-state index contributed by atoms with van der Waals surface area (Å²) in [5.41, 5.74) is 6.86. The quantitative estimate of drug-likeness (QED) is 0.467. The van der Waals surface area contributed by atoms with Gasteiger partial charge in [-0.05, 0) is 55.8 Å². The standard InChI is InChI=1S/C20H26N4O4/c21-9-2-5-16(19(26)23-15-4-1-3-14(15)20(27)28)24-18(25)13-7-6-12-8-10-22-17(12)11-13/h6-8,10-11,14-16,22H,1-5,9,21H2,(H,23,26)(H,24,25)(H,27,28). The molecule has 2 amide bonds. The minimum absolute atomic E-state index is 0.352. The Labute approximate surface area is 162 Å². The average molecular weight is 386 g/mol. The van der Waals surface area contributed by atoms with Gasteiger partial charge in [0.25, 0.3) is 5.91 Å². The molecule has 150 valence electrons. The van der Waals surface area contributed by atoms with Crippen LogP contribution >= 0.6 is 0 Å². The number of amides is 2. The van der Waals surface area contributed by atoms with Crippen molar-refractivity contribution in [1.82, 2.24) is 15.6 Å². The summed E-state index contributed by atoms with van der Waals surface area (Å²) in [6, 6.07) is 6.03. The maximum Gasteiger partial charge on any atom is 0.308 e. The van der Waals surface area contributed by atoms with Crippen LogP contribution in [0.15, 0.2) is 30.5 Å². The van der Waals surface area contributed by atoms with Crippen LogP contribution in [0.5, 0.6) is 0 Å². The average Bonchev–Trinajstić information content (AvgIpc) is 3.33. The Kier molecular flexibility index (Phi) is 6.30. The smallest absolute Gasteiger partial charge is 0.308 e. The van der Waals surface area contributed by atoms with Gasteiger partial charge in [-0.2, -0.15) is 0 Å². The Morgan fingerprint density at radius 2 is 2.07 bits per heavy atom. The molecule has 1 heterocycles. The molecule has 3 unspecified atom stereocenters. The van der Waals surface area contributed by atoms with Gasteiger partial charge >= 0.3 is 5.97 Å². The first-order valence-electron chi connectivity index (χ1n) is 9.61. The summed E-state index contributed by atoms with van der Waals surface area (Å²) in [4.78, 5) is 39.8. The van der Waals surface area contributed by atoms with Crippen LogP contribution in [0.2, 0.25) is 0 Å². The fourth-order valence-electron chi connectivity index (χ4n) is 3.73. The van der Waals surface area contributed by atoms with Gasteiger partial charge in [0.2, 0.25) is 5.91 Å². The zero-order valence-electron chi connectivity index (χ0n) is 15.6. The van der Waals surface area contributed by atoms with E-state index in [-0.39, 0.29) is 11.8 Å². The molecule has 28 heavy (non-hydrogen) atoms. The number of nitrogens with two attached hydrogens (primary N) is 1. The Hall–Kier alpha value is -2.87. The van der Waals surface area contributed by atoms with Crippen molar-refractivity contribution in [3.05, 3.63) is 36.0 Å². The number of benzene rings is 1. The van der Waals surface area contributed by atoms with E-state index in [9.17, 15) is 19.5 Å². The van der Waals surface area contributed by atoms with Crippen molar-refractivity contribution in [2.45, 2.75) is 44.2 Å². The van der Waals surface area contributed by atoms with Crippen LogP contribution in [-0.2, 0) is 9.59 Å². The van der Waals surface area contributed by atoms with Gasteiger partial charge in [0.05, 0.1) is 5.92 Å². The van der Waals surface area contributed by atoms with E-state index in [0.717, 1.165) is 17.3 Å². The number of nitrogens with one attached hydrogen (secondary N) is 3. The minimum atomic E-state index is -0.899. The molecule has 1 aliphatic rings. The molecule has 6 N–H and O–H groups in total. The Balaban J connectivity index is 1.69. The number of H-pyrrole nitrogens is 1. The highest BCUT2D eigenvalue weighted by Gasteiger charge is 2.35. The van der Waals surface area contributed by atoms with Crippen molar-refractivity contribution in [1.29, 1.82) is 0 Å². The van der Waals surface area contributed by atoms with Crippen LogP contribution in [0.4, 0.5) is 0 Å². The van der Waals surface area contributed by atoms with E-state index in [0.29, 0.717) is 37.8 Å². The highest BCUT2D eigenvalue weighted by Crippen LogP contribution is 2.26. The third-order valence-electron chi connectivity index (χ3n) is 5.30. The number of rotatable bonds is 8. The molecule has 8 heteroatoms. The highest BCUT2D eigenvalue weighted by atomic mass is 16.4. The molecule has 3 rings (SSSR count). The van der Waals surface area contributed by atoms with Crippen LogP contribution in [0.25, 0.3) is 10.9 Å². The maximum atomic E-state index is 12.7. The molecule has 1 fully saturated rings. The maximum absolute atomic E-state index is 12.7. The van der Waals surface area contributed by atoms with Gasteiger partial charge in [-0.3, -0.25) is 14.4 Å². The summed E-state index contributed by atoms with van der Waals surface area (Å²) in [5, 5.41) is 15.9. The number of aliphatic carboxylic acids is 1. The zero-order valence-corrected chi connectivity index (χ0v) is 15.6. The predicted octanol–water partition coefficient (Wildman–Crippen LogP) is 1.37. The molecule has 1 aliphatic carbocycles. The molecule has 1 aromatic heterocycles. The van der Waals surface area contributed by atoms with E-state index in [1.54, 1.807) is 18.3 Å². The topological polar surface area (TPSA) is 137 Å². The van der Waals surface area contributed by atoms with Gasteiger partial charge in [0, 0.05) is 23.3 Å². The van der Waals surface area contributed by atoms with Gasteiger partial charge in [0.1, 0.15) is 6.04 Å². The number of carboxylic acid groups (broad SMARTS) is 1. The predicted molar refractivity (Wildman–Crippen MR) is 105 cm³/mol. The monoisotopic (exact) mass is 386 g/mol. The van der Waals surface area contributed by atoms with Crippen molar-refractivity contribution in [3.63, 3.8) is 0 Å². The lowest BCUT2D eigenvalue weighted by molar-refractivity contribution is -0.142. The highest BCUT2D eigenvalue weighted by molar-refractivity contribution is 6.00. The van der Waals surface area contributed by atoms with Crippen LogP contribution in [0.1, 0.15) is 42.5 Å². The molecule has 8 nitrogen and oxygen atoms in total. The first-order valence-corrected chi connectivity index (χ1v) is 9.61. The first-order chi connectivity index (χ1) is 13.5. The van der Waals surface area contributed by atoms with Crippen molar-refractivity contribution in [2.75, 3.05) is 6.54 Å². The molecule has 3 atom stereocenters. The molecular weight excluding hydrogens is 360 g/mol. The second-order valence-corrected chi connectivity index (χ2v) is 7.23. The molecule has 0 bridgehead atoms. The minimum Gasteiger partial charge on any atom is -0.481 e. The lowest BCUT2D eigenvalue weighted by Gasteiger charge is -2.23. The summed E-state index contributed by atoms with van der Waals surface area (Å²) in [6.07, 6.45) is 4.70. The van der Waals surface area contributed by atoms with E-state index >= 15 is 0 Å². The van der Waals surface area contributed by atoms with Gasteiger partial charge < -0.3 is 26.5 Å². The summed E-state index contributed by atoms with van der Waals surface area (Å²) in [6.45, 7) is 0.398. The fourth-order valence-corrected chi connectivity index (χ4v) is 3.73. The lowest BCUT2D eigenvalue weighted by Crippen LogP contribution is -2.51. The van der Waals surface area contributed by atoms with E-state index in [4.69, 9.17) is 5.73 Å². The number of carboxylic acids is 1. The van der Waals surface area contributed by atoms with Gasteiger partial charge in [0.15, 0.2) is 0 Å². The Morgan fingerprint density at radius 1 is 1.25 bits per heavy atom. The second-order valence-electron chi connectivity index (χ2n) is 7.23. The molecule has 0 spiro atoms. The molecule has 0 radical (unpaired) electrons. The second kappa shape index (κ2) is 8.88. The van der Waals surface area contributed by atoms with E-state index in [1.807, 2.05) is 12.1 Å². The van der Waals surface area contributed by atoms with Crippen LogP contribution in [0.3, 0.4) is 0 Å². The van der Waals surface area contributed by atoms with Crippen molar-refractivity contribution < 1.29 is 19.5 Å². The fraction of sp³-hybridized carbons (Fsp3) is 0.450. The van der Waals surface area contributed by atoms with E-state index < -0.39 is 24.0 Å². The molecule has 0 aliphatic heterocycles. The number of carbonyl (C=O) groups is 3. The summed E-state index contributed by atoms with van der Waals surface area (Å²) < 4.78 is 0. The third-order valence-corrected chi connectivity index (χ3v) is 5.30. The first kappa shape index (κ1) is 19.9. The third kappa shape index (κ3) is 4.51. The van der Waals surface area contributed by atoms with Crippen molar-refractivity contribution >= 4 is 28.7 Å². The normalized spacial score (nSPS) is 20.0. The number of carbonyl (C=O) groups excluding carboxylic acids is 2. The van der Waals surface area contributed by atoms with Crippen LogP contribution < -0.4 is 16.4 Å². The van der Waals surface area contributed by atoms with E-state index in [2.05, 4.69) is 15.6 Å². The molecule has 2 aromatic rings. The van der Waals surface area contributed by atoms with Crippen LogP contribution in [0, 0.1) is 5.92 Å². The summed E-state index contributed by atoms with van der Waals surface area (Å²) in [7, 11) is 0. The molecule has 1 saturated carbocycles. The number of hydrogen-bond acceptors (Lipinski definition) is 4. The number of aromatic nitrogens is 1. The van der Waals surface area contributed by atoms with Gasteiger partial charge in [-0.1, -0.05) is 12.5 Å². The summed E-state index contributed by atoms with van der Waals surface area (Å²) in [5.74, 6) is -2.19. The van der Waals surface area contributed by atoms with Gasteiger partial charge in [-0.25, -0.2) is 0 Å². The van der Waals surface area contributed by atoms with Crippen LogP contribution in [-0.4, -0.2) is 46.5 Å². The number of fused-ring (bicyclic) bond motifs is 1. The number of aromatic amines is 1. The largest absolute Gasteiger partial charge is 0.481 e. The van der Waals surface area contributed by atoms with Crippen molar-refractivity contribution in [2.24, 2.45) is 11.7 Å². The lowest BCUT2D eigenvalue weighted by atomic mass is 10.0. The summed E-state index contributed by atoms with van der Waals surface area (Å²) >= 11 is 0. The Morgan fingerprint density at radius 3 is 2.82 bits per heavy atom. The van der Waals surface area contributed by atoms with Gasteiger partial charge in [-0.15, -0.1) is 0 Å². The number of hydrogen-bond donors (Lipinski definition) is 5. The van der Waals surface area contributed by atoms with Crippen molar-refractivity contribution in [3.8, 4) is 0 Å². The Bertz CT molecular complexity index is 863. The molecule has 0 saturated heterocycles.